The van der Waals surface area contributed by atoms with E-state index >= 15 is 0 Å². The average Bonchev–Trinajstić information content (AvgIpc) is 2.47. The first-order valence-electron chi connectivity index (χ1n) is 6.55. The number of halogens is 1. The lowest BCUT2D eigenvalue weighted by molar-refractivity contribution is -0.143. The SMILES string of the molecule is COc1ccc(NC(=O)C(=O)N2CCCCC2)cc1Cl. The topological polar surface area (TPSA) is 58.6 Å². The average molecular weight is 297 g/mol. The number of hydrogen-bond acceptors (Lipinski definition) is 3. The molecule has 1 aromatic rings. The zero-order valence-electron chi connectivity index (χ0n) is 11.3. The third-order valence-corrected chi connectivity index (χ3v) is 3.54. The molecule has 0 saturated carbocycles. The summed E-state index contributed by atoms with van der Waals surface area (Å²) >= 11 is 5.97. The number of rotatable bonds is 2. The predicted molar refractivity (Wildman–Crippen MR) is 77.1 cm³/mol. The molecule has 1 aliphatic heterocycles. The lowest BCUT2D eigenvalue weighted by Crippen LogP contribution is -2.42. The van der Waals surface area contributed by atoms with Crippen molar-refractivity contribution in [2.75, 3.05) is 25.5 Å². The van der Waals surface area contributed by atoms with Gasteiger partial charge in [0.05, 0.1) is 12.1 Å². The van der Waals surface area contributed by atoms with Gasteiger partial charge < -0.3 is 15.0 Å². The zero-order chi connectivity index (χ0) is 14.5. The molecule has 1 saturated heterocycles. The molecule has 0 bridgehead atoms. The Kier molecular flexibility index (Phi) is 4.84. The summed E-state index contributed by atoms with van der Waals surface area (Å²) in [6, 6.07) is 4.84. The summed E-state index contributed by atoms with van der Waals surface area (Å²) in [6.45, 7) is 1.30. The molecule has 1 aromatic carbocycles. The molecule has 0 unspecified atom stereocenters. The molecule has 108 valence electrons. The highest BCUT2D eigenvalue weighted by atomic mass is 35.5. The van der Waals surface area contributed by atoms with Crippen LogP contribution < -0.4 is 10.1 Å². The number of carbonyl (C=O) groups excluding carboxylic acids is 2. The summed E-state index contributed by atoms with van der Waals surface area (Å²) in [6.07, 6.45) is 3.01. The molecule has 0 aliphatic carbocycles. The molecule has 1 N–H and O–H groups in total. The maximum atomic E-state index is 12.0. The van der Waals surface area contributed by atoms with Crippen molar-refractivity contribution >= 4 is 29.1 Å². The Morgan fingerprint density at radius 3 is 2.55 bits per heavy atom. The number of piperidine rings is 1. The maximum Gasteiger partial charge on any atom is 0.313 e. The number of anilines is 1. The molecular formula is C14H17ClN2O3. The second-order valence-electron chi connectivity index (χ2n) is 4.66. The summed E-state index contributed by atoms with van der Waals surface area (Å²) in [5.41, 5.74) is 0.478. The van der Waals surface area contributed by atoms with Crippen LogP contribution in [-0.4, -0.2) is 36.9 Å². The largest absolute Gasteiger partial charge is 0.495 e. The molecule has 0 spiro atoms. The minimum atomic E-state index is -0.631. The van der Waals surface area contributed by atoms with Gasteiger partial charge >= 0.3 is 11.8 Å². The summed E-state index contributed by atoms with van der Waals surface area (Å²) in [7, 11) is 1.51. The summed E-state index contributed by atoms with van der Waals surface area (Å²) in [4.78, 5) is 25.5. The molecule has 0 aromatic heterocycles. The number of ether oxygens (including phenoxy) is 1. The Balaban J connectivity index is 2.00. The van der Waals surface area contributed by atoms with Crippen molar-refractivity contribution in [3.05, 3.63) is 23.2 Å². The van der Waals surface area contributed by atoms with E-state index in [1.807, 2.05) is 0 Å². The van der Waals surface area contributed by atoms with Crippen LogP contribution in [0, 0.1) is 0 Å². The number of likely N-dealkylation sites (tertiary alicyclic amines) is 1. The summed E-state index contributed by atoms with van der Waals surface area (Å²) in [5, 5.41) is 2.95. The van der Waals surface area contributed by atoms with Crippen molar-refractivity contribution in [3.8, 4) is 5.75 Å². The minimum Gasteiger partial charge on any atom is -0.495 e. The van der Waals surface area contributed by atoms with E-state index in [9.17, 15) is 9.59 Å². The summed E-state index contributed by atoms with van der Waals surface area (Å²) < 4.78 is 5.03. The van der Waals surface area contributed by atoms with Gasteiger partial charge in [-0.2, -0.15) is 0 Å². The first-order chi connectivity index (χ1) is 9.61. The molecule has 20 heavy (non-hydrogen) atoms. The quantitative estimate of drug-likeness (QED) is 0.852. The van der Waals surface area contributed by atoms with Gasteiger partial charge in [-0.05, 0) is 37.5 Å². The second-order valence-corrected chi connectivity index (χ2v) is 5.06. The highest BCUT2D eigenvalue weighted by molar-refractivity contribution is 6.39. The van der Waals surface area contributed by atoms with Gasteiger partial charge in [-0.1, -0.05) is 11.6 Å². The Morgan fingerprint density at radius 1 is 1.25 bits per heavy atom. The van der Waals surface area contributed by atoms with Crippen molar-refractivity contribution in [2.24, 2.45) is 0 Å². The molecule has 5 nitrogen and oxygen atoms in total. The predicted octanol–water partition coefficient (Wildman–Crippen LogP) is 2.30. The van der Waals surface area contributed by atoms with E-state index in [2.05, 4.69) is 5.32 Å². The first kappa shape index (κ1) is 14.7. The van der Waals surface area contributed by atoms with Gasteiger partial charge in [0.1, 0.15) is 5.75 Å². The van der Waals surface area contributed by atoms with Crippen LogP contribution in [-0.2, 0) is 9.59 Å². The van der Waals surface area contributed by atoms with Crippen molar-refractivity contribution in [1.29, 1.82) is 0 Å². The van der Waals surface area contributed by atoms with Crippen LogP contribution >= 0.6 is 11.6 Å². The molecule has 1 fully saturated rings. The third kappa shape index (κ3) is 3.42. The fraction of sp³-hybridized carbons (Fsp3) is 0.429. The van der Waals surface area contributed by atoms with Gasteiger partial charge in [0.2, 0.25) is 0 Å². The highest BCUT2D eigenvalue weighted by Gasteiger charge is 2.23. The molecular weight excluding hydrogens is 280 g/mol. The fourth-order valence-corrected chi connectivity index (χ4v) is 2.43. The Labute approximate surface area is 122 Å². The highest BCUT2D eigenvalue weighted by Crippen LogP contribution is 2.27. The lowest BCUT2D eigenvalue weighted by atomic mass is 10.1. The maximum absolute atomic E-state index is 12.0. The minimum absolute atomic E-state index is 0.385. The Bertz CT molecular complexity index is 513. The number of hydrogen-bond donors (Lipinski definition) is 1. The first-order valence-corrected chi connectivity index (χ1v) is 6.93. The van der Waals surface area contributed by atoms with Gasteiger partial charge in [0.25, 0.3) is 0 Å². The molecule has 0 atom stereocenters. The number of nitrogens with zero attached hydrogens (tertiary/aromatic N) is 1. The van der Waals surface area contributed by atoms with E-state index in [4.69, 9.17) is 16.3 Å². The van der Waals surface area contributed by atoms with Crippen LogP contribution in [0.3, 0.4) is 0 Å². The van der Waals surface area contributed by atoms with Crippen molar-refractivity contribution in [2.45, 2.75) is 19.3 Å². The van der Waals surface area contributed by atoms with Crippen LogP contribution in [0.5, 0.6) is 5.75 Å². The normalized spacial score (nSPS) is 14.8. The number of benzene rings is 1. The van der Waals surface area contributed by atoms with E-state index in [0.29, 0.717) is 29.5 Å². The molecule has 1 heterocycles. The van der Waals surface area contributed by atoms with Crippen molar-refractivity contribution in [3.63, 3.8) is 0 Å². The summed E-state index contributed by atoms with van der Waals surface area (Å²) in [5.74, 6) is -0.600. The van der Waals surface area contributed by atoms with Crippen LogP contribution in [0.4, 0.5) is 5.69 Å². The Hall–Kier alpha value is -1.75. The Morgan fingerprint density at radius 2 is 1.95 bits per heavy atom. The molecule has 6 heteroatoms. The zero-order valence-corrected chi connectivity index (χ0v) is 12.1. The van der Waals surface area contributed by atoms with E-state index in [1.165, 1.54) is 7.11 Å². The lowest BCUT2D eigenvalue weighted by Gasteiger charge is -2.25. The van der Waals surface area contributed by atoms with Crippen LogP contribution in [0.25, 0.3) is 0 Å². The van der Waals surface area contributed by atoms with Gasteiger partial charge in [0.15, 0.2) is 0 Å². The van der Waals surface area contributed by atoms with Crippen LogP contribution in [0.15, 0.2) is 18.2 Å². The monoisotopic (exact) mass is 296 g/mol. The fourth-order valence-electron chi connectivity index (χ4n) is 2.17. The van der Waals surface area contributed by atoms with Crippen LogP contribution in [0.2, 0.25) is 5.02 Å². The van der Waals surface area contributed by atoms with E-state index in [-0.39, 0.29) is 0 Å². The molecule has 2 rings (SSSR count). The second kappa shape index (κ2) is 6.61. The number of nitrogens with one attached hydrogen (secondary N) is 1. The number of methoxy groups -OCH3 is 1. The van der Waals surface area contributed by atoms with Crippen molar-refractivity contribution in [1.82, 2.24) is 4.90 Å². The molecule has 0 radical (unpaired) electrons. The van der Waals surface area contributed by atoms with E-state index in [1.54, 1.807) is 23.1 Å². The van der Waals surface area contributed by atoms with E-state index in [0.717, 1.165) is 19.3 Å². The molecule has 2 amide bonds. The van der Waals surface area contributed by atoms with Crippen molar-refractivity contribution < 1.29 is 14.3 Å². The van der Waals surface area contributed by atoms with Gasteiger partial charge in [-0.25, -0.2) is 0 Å². The van der Waals surface area contributed by atoms with E-state index < -0.39 is 11.8 Å². The number of carbonyl (C=O) groups is 2. The third-order valence-electron chi connectivity index (χ3n) is 3.25. The molecule has 1 aliphatic rings. The smallest absolute Gasteiger partial charge is 0.313 e. The van der Waals surface area contributed by atoms with Gasteiger partial charge in [-0.3, -0.25) is 9.59 Å². The van der Waals surface area contributed by atoms with Crippen LogP contribution in [0.1, 0.15) is 19.3 Å². The van der Waals surface area contributed by atoms with Gasteiger partial charge in [-0.15, -0.1) is 0 Å². The number of amides is 2. The standard InChI is InChI=1S/C14H17ClN2O3/c1-20-12-6-5-10(9-11(12)15)16-13(18)14(19)17-7-3-2-4-8-17/h5-6,9H,2-4,7-8H2,1H3,(H,16,18). The van der Waals surface area contributed by atoms with Gasteiger partial charge in [0, 0.05) is 18.8 Å².